The van der Waals surface area contributed by atoms with E-state index in [0.717, 1.165) is 18.9 Å². The second-order valence-corrected chi connectivity index (χ2v) is 3.68. The van der Waals surface area contributed by atoms with E-state index < -0.39 is 11.6 Å². The number of hydrogen-bond acceptors (Lipinski definition) is 1. The van der Waals surface area contributed by atoms with E-state index in [1.807, 2.05) is 0 Å². The Kier molecular flexibility index (Phi) is 2.66. The maximum absolute atomic E-state index is 13.0. The van der Waals surface area contributed by atoms with Crippen LogP contribution in [0.15, 0.2) is 18.2 Å². The summed E-state index contributed by atoms with van der Waals surface area (Å²) in [4.78, 5) is 1.66. The number of benzene rings is 1. The van der Waals surface area contributed by atoms with Crippen molar-refractivity contribution in [1.29, 1.82) is 5.41 Å². The average molecular weight is 210 g/mol. The molecule has 0 radical (unpaired) electrons. The first-order valence-electron chi connectivity index (χ1n) is 4.98. The molecule has 0 aliphatic carbocycles. The van der Waals surface area contributed by atoms with E-state index in [-0.39, 0.29) is 0 Å². The molecule has 15 heavy (non-hydrogen) atoms. The summed E-state index contributed by atoms with van der Waals surface area (Å²) in [6, 6.07) is 3.38. The van der Waals surface area contributed by atoms with Crippen LogP contribution in [0.1, 0.15) is 19.3 Å². The number of rotatable bonds is 1. The number of nitrogens with zero attached hydrogens (tertiary/aromatic N) is 1. The zero-order valence-corrected chi connectivity index (χ0v) is 8.26. The molecule has 1 fully saturated rings. The summed E-state index contributed by atoms with van der Waals surface area (Å²) < 4.78 is 25.9. The molecular formula is C11H12F2N2. The summed E-state index contributed by atoms with van der Waals surface area (Å²) in [7, 11) is 0. The van der Waals surface area contributed by atoms with Crippen LogP contribution in [0.4, 0.5) is 14.5 Å². The first-order chi connectivity index (χ1) is 7.16. The molecule has 0 aromatic heterocycles. The average Bonchev–Trinajstić information content (AvgIpc) is 2.16. The van der Waals surface area contributed by atoms with Gasteiger partial charge in [-0.2, -0.15) is 0 Å². The van der Waals surface area contributed by atoms with Crippen LogP contribution in [-0.4, -0.2) is 12.4 Å². The van der Waals surface area contributed by atoms with Gasteiger partial charge in [0.25, 0.3) is 0 Å². The van der Waals surface area contributed by atoms with E-state index in [0.29, 0.717) is 24.5 Å². The lowest BCUT2D eigenvalue weighted by atomic mass is 10.1. The number of piperidine rings is 1. The van der Waals surface area contributed by atoms with Gasteiger partial charge < -0.3 is 4.90 Å². The van der Waals surface area contributed by atoms with E-state index in [9.17, 15) is 8.78 Å². The van der Waals surface area contributed by atoms with Crippen LogP contribution in [0.2, 0.25) is 0 Å². The van der Waals surface area contributed by atoms with Crippen molar-refractivity contribution in [2.75, 3.05) is 11.4 Å². The summed E-state index contributed by atoms with van der Waals surface area (Å²) >= 11 is 0. The van der Waals surface area contributed by atoms with Gasteiger partial charge >= 0.3 is 0 Å². The molecule has 2 nitrogen and oxygen atoms in total. The van der Waals surface area contributed by atoms with Gasteiger partial charge in [0.1, 0.15) is 17.5 Å². The predicted molar refractivity (Wildman–Crippen MR) is 55.3 cm³/mol. The molecule has 1 aromatic rings. The molecule has 80 valence electrons. The molecule has 1 N–H and O–H groups in total. The van der Waals surface area contributed by atoms with Gasteiger partial charge in [0, 0.05) is 24.7 Å². The molecule has 0 atom stereocenters. The Hall–Kier alpha value is -1.45. The van der Waals surface area contributed by atoms with Gasteiger partial charge in [-0.05, 0) is 25.0 Å². The topological polar surface area (TPSA) is 27.1 Å². The van der Waals surface area contributed by atoms with Crippen molar-refractivity contribution in [2.24, 2.45) is 0 Å². The molecule has 0 bridgehead atoms. The third-order valence-electron chi connectivity index (χ3n) is 2.53. The van der Waals surface area contributed by atoms with Gasteiger partial charge in [0.15, 0.2) is 0 Å². The Morgan fingerprint density at radius 3 is 2.33 bits per heavy atom. The zero-order valence-electron chi connectivity index (χ0n) is 8.26. The molecule has 2 rings (SSSR count). The number of nitrogens with one attached hydrogen (secondary N) is 1. The first kappa shape index (κ1) is 10.1. The van der Waals surface area contributed by atoms with Gasteiger partial charge in [-0.15, -0.1) is 0 Å². The maximum Gasteiger partial charge on any atom is 0.128 e. The molecule has 1 saturated heterocycles. The van der Waals surface area contributed by atoms with Gasteiger partial charge in [-0.3, -0.25) is 5.41 Å². The SMILES string of the molecule is N=C1CCCCN1c1cc(F)cc(F)c1. The highest BCUT2D eigenvalue weighted by Gasteiger charge is 2.17. The van der Waals surface area contributed by atoms with Crippen LogP contribution in [0.25, 0.3) is 0 Å². The van der Waals surface area contributed by atoms with Crippen LogP contribution in [0.5, 0.6) is 0 Å². The lowest BCUT2D eigenvalue weighted by Crippen LogP contribution is -2.34. The summed E-state index contributed by atoms with van der Waals surface area (Å²) in [5, 5.41) is 7.71. The van der Waals surface area contributed by atoms with Crippen molar-refractivity contribution in [3.63, 3.8) is 0 Å². The minimum absolute atomic E-state index is 0.436. The Bertz CT molecular complexity index is 370. The highest BCUT2D eigenvalue weighted by Crippen LogP contribution is 2.22. The van der Waals surface area contributed by atoms with Crippen LogP contribution in [0, 0.1) is 17.0 Å². The van der Waals surface area contributed by atoms with Gasteiger partial charge in [-0.1, -0.05) is 0 Å². The van der Waals surface area contributed by atoms with Crippen molar-refractivity contribution >= 4 is 11.5 Å². The van der Waals surface area contributed by atoms with E-state index in [1.54, 1.807) is 4.90 Å². The van der Waals surface area contributed by atoms with Crippen molar-refractivity contribution in [3.8, 4) is 0 Å². The molecule has 0 spiro atoms. The van der Waals surface area contributed by atoms with Gasteiger partial charge in [-0.25, -0.2) is 8.78 Å². The van der Waals surface area contributed by atoms with E-state index in [2.05, 4.69) is 0 Å². The van der Waals surface area contributed by atoms with Gasteiger partial charge in [0.05, 0.1) is 0 Å². The minimum atomic E-state index is -0.594. The molecule has 0 unspecified atom stereocenters. The zero-order chi connectivity index (χ0) is 10.8. The third kappa shape index (κ3) is 2.14. The lowest BCUT2D eigenvalue weighted by Gasteiger charge is -2.29. The van der Waals surface area contributed by atoms with Crippen molar-refractivity contribution in [3.05, 3.63) is 29.8 Å². The first-order valence-corrected chi connectivity index (χ1v) is 4.98. The molecular weight excluding hydrogens is 198 g/mol. The Morgan fingerprint density at radius 1 is 1.07 bits per heavy atom. The second kappa shape index (κ2) is 3.96. The summed E-state index contributed by atoms with van der Waals surface area (Å²) in [6.45, 7) is 0.668. The Morgan fingerprint density at radius 2 is 1.73 bits per heavy atom. The lowest BCUT2D eigenvalue weighted by molar-refractivity contribution is 0.582. The molecule has 1 heterocycles. The van der Waals surface area contributed by atoms with Crippen LogP contribution in [0.3, 0.4) is 0 Å². The van der Waals surface area contributed by atoms with E-state index in [1.165, 1.54) is 12.1 Å². The molecule has 0 amide bonds. The van der Waals surface area contributed by atoms with E-state index in [4.69, 9.17) is 5.41 Å². The third-order valence-corrected chi connectivity index (χ3v) is 2.53. The summed E-state index contributed by atoms with van der Waals surface area (Å²) in [6.07, 6.45) is 2.62. The van der Waals surface area contributed by atoms with Crippen LogP contribution < -0.4 is 4.90 Å². The maximum atomic E-state index is 13.0. The molecule has 1 aromatic carbocycles. The largest absolute Gasteiger partial charge is 0.330 e. The smallest absolute Gasteiger partial charge is 0.128 e. The monoisotopic (exact) mass is 210 g/mol. The fourth-order valence-electron chi connectivity index (χ4n) is 1.81. The number of halogens is 2. The molecule has 1 aliphatic rings. The Balaban J connectivity index is 2.31. The molecule has 0 saturated carbocycles. The number of anilines is 1. The number of hydrogen-bond donors (Lipinski definition) is 1. The van der Waals surface area contributed by atoms with Crippen molar-refractivity contribution in [1.82, 2.24) is 0 Å². The van der Waals surface area contributed by atoms with Crippen molar-refractivity contribution in [2.45, 2.75) is 19.3 Å². The molecule has 4 heteroatoms. The highest BCUT2D eigenvalue weighted by atomic mass is 19.1. The quantitative estimate of drug-likeness (QED) is 0.758. The fourth-order valence-corrected chi connectivity index (χ4v) is 1.81. The Labute approximate surface area is 87.0 Å². The van der Waals surface area contributed by atoms with Gasteiger partial charge in [0.2, 0.25) is 0 Å². The van der Waals surface area contributed by atoms with Crippen LogP contribution >= 0.6 is 0 Å². The minimum Gasteiger partial charge on any atom is -0.330 e. The van der Waals surface area contributed by atoms with Crippen molar-refractivity contribution < 1.29 is 8.78 Å². The van der Waals surface area contributed by atoms with Crippen LogP contribution in [-0.2, 0) is 0 Å². The van der Waals surface area contributed by atoms with E-state index >= 15 is 0 Å². The number of amidine groups is 1. The highest BCUT2D eigenvalue weighted by molar-refractivity contribution is 5.96. The molecule has 1 aliphatic heterocycles. The summed E-state index contributed by atoms with van der Waals surface area (Å²) in [5.41, 5.74) is 0.442. The fraction of sp³-hybridized carbons (Fsp3) is 0.364. The normalized spacial score (nSPS) is 16.9. The standard InChI is InChI=1S/C11H12F2N2/c12-8-5-9(13)7-10(6-8)15-4-2-1-3-11(15)14/h5-7,14H,1-4H2. The summed E-state index contributed by atoms with van der Waals surface area (Å²) in [5.74, 6) is -0.752. The predicted octanol–water partition coefficient (Wildman–Crippen LogP) is 2.93. The second-order valence-electron chi connectivity index (χ2n) is 3.68.